The zero-order valence-corrected chi connectivity index (χ0v) is 8.81. The van der Waals surface area contributed by atoms with Crippen molar-refractivity contribution in [2.75, 3.05) is 20.3 Å². The minimum Gasteiger partial charge on any atom is -0.475 e. The lowest BCUT2D eigenvalue weighted by atomic mass is 10.6. The van der Waals surface area contributed by atoms with Crippen LogP contribution >= 0.6 is 11.6 Å². The van der Waals surface area contributed by atoms with Crippen molar-refractivity contribution in [3.63, 3.8) is 0 Å². The Morgan fingerprint density at radius 2 is 2.33 bits per heavy atom. The highest BCUT2D eigenvalue weighted by molar-refractivity contribution is 6.29. The largest absolute Gasteiger partial charge is 0.475 e. The van der Waals surface area contributed by atoms with Crippen molar-refractivity contribution >= 4 is 17.4 Å². The highest BCUT2D eigenvalue weighted by Gasteiger charge is 2.06. The van der Waals surface area contributed by atoms with Crippen LogP contribution in [0, 0.1) is 0 Å². The van der Waals surface area contributed by atoms with Gasteiger partial charge in [-0.05, 0) is 0 Å². The monoisotopic (exact) mass is 228 g/mol. The third-order valence-electron chi connectivity index (χ3n) is 1.73. The molecule has 2 aromatic rings. The van der Waals surface area contributed by atoms with Gasteiger partial charge in [0.1, 0.15) is 18.1 Å². The van der Waals surface area contributed by atoms with Gasteiger partial charge in [-0.1, -0.05) is 11.6 Å². The van der Waals surface area contributed by atoms with E-state index >= 15 is 0 Å². The molecule has 0 aliphatic heterocycles. The summed E-state index contributed by atoms with van der Waals surface area (Å²) in [7, 11) is 1.61. The predicted octanol–water partition coefficient (Wildman–Crippen LogP) is 0.803. The summed E-state index contributed by atoms with van der Waals surface area (Å²) in [5.41, 5.74) is 0. The average molecular weight is 229 g/mol. The summed E-state index contributed by atoms with van der Waals surface area (Å²) in [4.78, 5) is 7.88. The van der Waals surface area contributed by atoms with E-state index in [2.05, 4.69) is 15.1 Å². The number of rotatable bonds is 4. The standard InChI is InChI=1S/C8H9ClN4O2/c1-14-2-3-15-7-4-6(9)12-8-10-5-11-13(7)8/h4-5H,2-3H2,1H3. The molecule has 15 heavy (non-hydrogen) atoms. The van der Waals surface area contributed by atoms with E-state index in [9.17, 15) is 0 Å². The number of aromatic nitrogens is 4. The fourth-order valence-electron chi connectivity index (χ4n) is 1.09. The minimum atomic E-state index is 0.322. The molecule has 0 N–H and O–H groups in total. The summed E-state index contributed by atoms with van der Waals surface area (Å²) < 4.78 is 11.8. The van der Waals surface area contributed by atoms with Crippen molar-refractivity contribution in [1.29, 1.82) is 0 Å². The van der Waals surface area contributed by atoms with Crippen molar-refractivity contribution in [1.82, 2.24) is 19.6 Å². The number of ether oxygens (including phenoxy) is 2. The molecule has 0 bridgehead atoms. The quantitative estimate of drug-likeness (QED) is 0.572. The average Bonchev–Trinajstić information content (AvgIpc) is 2.65. The Hall–Kier alpha value is -1.40. The normalized spacial score (nSPS) is 10.8. The SMILES string of the molecule is COCCOc1cc(Cl)nc2ncnn12. The summed E-state index contributed by atoms with van der Waals surface area (Å²) in [5, 5.41) is 4.28. The van der Waals surface area contributed by atoms with Gasteiger partial charge in [-0.15, -0.1) is 0 Å². The van der Waals surface area contributed by atoms with E-state index in [0.29, 0.717) is 30.0 Å². The minimum absolute atomic E-state index is 0.322. The van der Waals surface area contributed by atoms with Crippen molar-refractivity contribution in [2.45, 2.75) is 0 Å². The predicted molar refractivity (Wildman–Crippen MR) is 53.2 cm³/mol. The maximum Gasteiger partial charge on any atom is 0.256 e. The van der Waals surface area contributed by atoms with E-state index in [1.54, 1.807) is 13.2 Å². The van der Waals surface area contributed by atoms with Gasteiger partial charge in [0.25, 0.3) is 5.78 Å². The van der Waals surface area contributed by atoms with Gasteiger partial charge in [0.15, 0.2) is 0 Å². The van der Waals surface area contributed by atoms with Crippen LogP contribution in [0.15, 0.2) is 12.4 Å². The van der Waals surface area contributed by atoms with Crippen molar-refractivity contribution < 1.29 is 9.47 Å². The molecule has 7 heteroatoms. The molecule has 0 fully saturated rings. The molecule has 0 aliphatic carbocycles. The first kappa shape index (κ1) is 10.1. The molecule has 0 aromatic carbocycles. The van der Waals surface area contributed by atoms with Crippen LogP contribution in [0.3, 0.4) is 0 Å². The highest BCUT2D eigenvalue weighted by Crippen LogP contribution is 2.16. The lowest BCUT2D eigenvalue weighted by Crippen LogP contribution is -2.08. The Kier molecular flexibility index (Phi) is 2.98. The van der Waals surface area contributed by atoms with E-state index in [4.69, 9.17) is 21.1 Å². The van der Waals surface area contributed by atoms with Crippen LogP contribution in [-0.4, -0.2) is 39.9 Å². The molecule has 0 radical (unpaired) electrons. The van der Waals surface area contributed by atoms with Gasteiger partial charge < -0.3 is 9.47 Å². The van der Waals surface area contributed by atoms with Crippen molar-refractivity contribution in [3.05, 3.63) is 17.5 Å². The van der Waals surface area contributed by atoms with Crippen LogP contribution < -0.4 is 4.74 Å². The molecule has 0 aliphatic rings. The molecular weight excluding hydrogens is 220 g/mol. The lowest BCUT2D eigenvalue weighted by Gasteiger charge is -2.06. The molecule has 0 spiro atoms. The second-order valence-corrected chi connectivity index (χ2v) is 3.12. The summed E-state index contributed by atoms with van der Waals surface area (Å²) in [6.45, 7) is 0.919. The van der Waals surface area contributed by atoms with Crippen molar-refractivity contribution in [2.24, 2.45) is 0 Å². The first-order valence-electron chi connectivity index (χ1n) is 4.29. The lowest BCUT2D eigenvalue weighted by molar-refractivity contribution is 0.142. The van der Waals surface area contributed by atoms with Gasteiger partial charge in [0.05, 0.1) is 6.61 Å². The number of methoxy groups -OCH3 is 1. The summed E-state index contributed by atoms with van der Waals surface area (Å²) in [6, 6.07) is 1.58. The number of nitrogens with zero attached hydrogens (tertiary/aromatic N) is 4. The van der Waals surface area contributed by atoms with Crippen LogP contribution in [0.2, 0.25) is 5.15 Å². The zero-order chi connectivity index (χ0) is 10.7. The molecule has 6 nitrogen and oxygen atoms in total. The molecule has 2 aromatic heterocycles. The zero-order valence-electron chi connectivity index (χ0n) is 8.05. The van der Waals surface area contributed by atoms with Crippen LogP contribution in [0.25, 0.3) is 5.78 Å². The summed E-state index contributed by atoms with van der Waals surface area (Å²) in [5.74, 6) is 0.912. The molecule has 0 saturated heterocycles. The number of hydrogen-bond donors (Lipinski definition) is 0. The number of hydrogen-bond acceptors (Lipinski definition) is 5. The Labute approximate surface area is 90.8 Å². The molecule has 0 atom stereocenters. The van der Waals surface area contributed by atoms with Gasteiger partial charge in [0.2, 0.25) is 5.88 Å². The molecule has 2 heterocycles. The van der Waals surface area contributed by atoms with Crippen LogP contribution in [0.5, 0.6) is 5.88 Å². The Morgan fingerprint density at radius 3 is 3.13 bits per heavy atom. The highest BCUT2D eigenvalue weighted by atomic mass is 35.5. The second-order valence-electron chi connectivity index (χ2n) is 2.73. The van der Waals surface area contributed by atoms with Crippen LogP contribution in [0.1, 0.15) is 0 Å². The van der Waals surface area contributed by atoms with Gasteiger partial charge in [-0.3, -0.25) is 0 Å². The summed E-state index contributed by atoms with van der Waals surface area (Å²) in [6.07, 6.45) is 1.39. The third kappa shape index (κ3) is 2.16. The molecule has 2 rings (SSSR count). The molecule has 0 amide bonds. The van der Waals surface area contributed by atoms with E-state index in [-0.39, 0.29) is 0 Å². The first-order valence-corrected chi connectivity index (χ1v) is 4.67. The smallest absolute Gasteiger partial charge is 0.256 e. The van der Waals surface area contributed by atoms with E-state index in [0.717, 1.165) is 0 Å². The third-order valence-corrected chi connectivity index (χ3v) is 1.92. The fraction of sp³-hybridized carbons (Fsp3) is 0.375. The molecule has 80 valence electrons. The van der Waals surface area contributed by atoms with Crippen LogP contribution in [0.4, 0.5) is 0 Å². The van der Waals surface area contributed by atoms with Crippen molar-refractivity contribution in [3.8, 4) is 5.88 Å². The number of fused-ring (bicyclic) bond motifs is 1. The number of halogens is 1. The van der Waals surface area contributed by atoms with E-state index < -0.39 is 0 Å². The topological polar surface area (TPSA) is 61.5 Å². The summed E-state index contributed by atoms with van der Waals surface area (Å²) >= 11 is 5.79. The van der Waals surface area contributed by atoms with Gasteiger partial charge in [-0.25, -0.2) is 0 Å². The molecular formula is C8H9ClN4O2. The van der Waals surface area contributed by atoms with Gasteiger partial charge >= 0.3 is 0 Å². The van der Waals surface area contributed by atoms with E-state index in [1.165, 1.54) is 10.8 Å². The molecule has 0 saturated carbocycles. The van der Waals surface area contributed by atoms with Crippen LogP contribution in [-0.2, 0) is 4.74 Å². The maximum absolute atomic E-state index is 5.79. The Bertz CT molecular complexity index is 459. The second kappa shape index (κ2) is 4.41. The Balaban J connectivity index is 2.27. The Morgan fingerprint density at radius 1 is 1.47 bits per heavy atom. The van der Waals surface area contributed by atoms with E-state index in [1.807, 2.05) is 0 Å². The first-order chi connectivity index (χ1) is 7.31. The van der Waals surface area contributed by atoms with Gasteiger partial charge in [-0.2, -0.15) is 19.6 Å². The van der Waals surface area contributed by atoms with Gasteiger partial charge in [0, 0.05) is 13.2 Å². The fourth-order valence-corrected chi connectivity index (χ4v) is 1.26. The molecule has 0 unspecified atom stereocenters. The maximum atomic E-state index is 5.79.